The number of hydrogen-bond acceptors (Lipinski definition) is 2. The largest absolute Gasteiger partial charge is 0.296 e. The first-order valence-corrected chi connectivity index (χ1v) is 4.87. The van der Waals surface area contributed by atoms with Gasteiger partial charge in [-0.25, -0.2) is 8.78 Å². The van der Waals surface area contributed by atoms with Crippen LogP contribution in [0.5, 0.6) is 0 Å². The van der Waals surface area contributed by atoms with Crippen LogP contribution in [-0.4, -0.2) is 30.3 Å². The van der Waals surface area contributed by atoms with Crippen molar-refractivity contribution in [1.29, 1.82) is 0 Å². The molecule has 0 atom stereocenters. The molecule has 1 saturated heterocycles. The Labute approximate surface area is 86.5 Å². The zero-order chi connectivity index (χ0) is 10.8. The number of benzene rings is 1. The van der Waals surface area contributed by atoms with Gasteiger partial charge in [0.15, 0.2) is 5.78 Å². The number of nitrogens with zero attached hydrogens (tertiary/aromatic N) is 1. The summed E-state index contributed by atoms with van der Waals surface area (Å²) in [5.74, 6) is -1.59. The number of carbonyl (C=O) groups excluding carboxylic acids is 1. The summed E-state index contributed by atoms with van der Waals surface area (Å²) in [6.45, 7) is 1.91. The molecule has 1 aromatic carbocycles. The molecule has 0 bridgehead atoms. The molecule has 0 spiro atoms. The van der Waals surface area contributed by atoms with E-state index in [9.17, 15) is 13.6 Å². The highest BCUT2D eigenvalue weighted by atomic mass is 19.1. The summed E-state index contributed by atoms with van der Waals surface area (Å²) in [5.41, 5.74) is -0.151. The molecule has 1 aromatic rings. The molecule has 2 nitrogen and oxygen atoms in total. The van der Waals surface area contributed by atoms with Crippen LogP contribution in [0.1, 0.15) is 16.8 Å². The zero-order valence-electron chi connectivity index (χ0n) is 8.17. The van der Waals surface area contributed by atoms with Crippen molar-refractivity contribution in [2.24, 2.45) is 0 Å². The van der Waals surface area contributed by atoms with Gasteiger partial charge in [-0.3, -0.25) is 9.69 Å². The highest BCUT2D eigenvalue weighted by molar-refractivity contribution is 5.97. The minimum Gasteiger partial charge on any atom is -0.296 e. The standard InChI is InChI=1S/C11H11F2NO/c12-8-2-3-10(13)9(6-8)11(15)7-14-4-1-5-14/h2-3,6H,1,4-5,7H2. The fourth-order valence-electron chi connectivity index (χ4n) is 1.54. The second-order valence-corrected chi connectivity index (χ2v) is 3.68. The van der Waals surface area contributed by atoms with E-state index in [-0.39, 0.29) is 17.9 Å². The molecule has 0 aliphatic carbocycles. The van der Waals surface area contributed by atoms with Crippen molar-refractivity contribution in [3.63, 3.8) is 0 Å². The van der Waals surface area contributed by atoms with Gasteiger partial charge in [-0.1, -0.05) is 0 Å². The van der Waals surface area contributed by atoms with Gasteiger partial charge in [0, 0.05) is 0 Å². The third-order valence-electron chi connectivity index (χ3n) is 2.54. The lowest BCUT2D eigenvalue weighted by atomic mass is 10.1. The van der Waals surface area contributed by atoms with Crippen LogP contribution in [0.3, 0.4) is 0 Å². The Hall–Kier alpha value is -1.29. The van der Waals surface area contributed by atoms with Crippen LogP contribution >= 0.6 is 0 Å². The first-order chi connectivity index (χ1) is 7.16. The number of hydrogen-bond donors (Lipinski definition) is 0. The van der Waals surface area contributed by atoms with Gasteiger partial charge in [0.05, 0.1) is 12.1 Å². The smallest absolute Gasteiger partial charge is 0.179 e. The molecule has 80 valence electrons. The number of halogens is 2. The Kier molecular flexibility index (Phi) is 2.77. The summed E-state index contributed by atoms with van der Waals surface area (Å²) >= 11 is 0. The minimum absolute atomic E-state index is 0.151. The maximum absolute atomic E-state index is 13.2. The maximum atomic E-state index is 13.2. The van der Waals surface area contributed by atoms with Crippen LogP contribution in [0.2, 0.25) is 0 Å². The maximum Gasteiger partial charge on any atom is 0.179 e. The number of carbonyl (C=O) groups is 1. The predicted octanol–water partition coefficient (Wildman–Crippen LogP) is 1.85. The molecule has 0 saturated carbocycles. The van der Waals surface area contributed by atoms with E-state index in [1.54, 1.807) is 0 Å². The Morgan fingerprint density at radius 2 is 2.07 bits per heavy atom. The molecule has 4 heteroatoms. The van der Waals surface area contributed by atoms with E-state index in [1.165, 1.54) is 0 Å². The molecule has 1 heterocycles. The van der Waals surface area contributed by atoms with Gasteiger partial charge >= 0.3 is 0 Å². The van der Waals surface area contributed by atoms with E-state index < -0.39 is 11.6 Å². The van der Waals surface area contributed by atoms with Crippen LogP contribution < -0.4 is 0 Å². The first kappa shape index (κ1) is 10.2. The summed E-state index contributed by atoms with van der Waals surface area (Å²) in [4.78, 5) is 13.5. The zero-order valence-corrected chi connectivity index (χ0v) is 8.17. The molecule has 0 amide bonds. The lowest BCUT2D eigenvalue weighted by molar-refractivity contribution is 0.0871. The Morgan fingerprint density at radius 1 is 1.33 bits per heavy atom. The number of rotatable bonds is 3. The van der Waals surface area contributed by atoms with Crippen molar-refractivity contribution < 1.29 is 13.6 Å². The van der Waals surface area contributed by atoms with Gasteiger partial charge < -0.3 is 0 Å². The summed E-state index contributed by atoms with van der Waals surface area (Å²) in [5, 5.41) is 0. The SMILES string of the molecule is O=C(CN1CCC1)c1cc(F)ccc1F. The second kappa shape index (κ2) is 4.06. The average Bonchev–Trinajstić information content (AvgIpc) is 2.15. The van der Waals surface area contributed by atoms with Crippen molar-refractivity contribution >= 4 is 5.78 Å². The normalized spacial score (nSPS) is 16.1. The molecule has 1 aliphatic rings. The molecule has 0 N–H and O–H groups in total. The van der Waals surface area contributed by atoms with E-state index in [0.29, 0.717) is 0 Å². The summed E-state index contributed by atoms with van der Waals surface area (Å²) < 4.78 is 26.0. The lowest BCUT2D eigenvalue weighted by Gasteiger charge is -2.29. The van der Waals surface area contributed by atoms with Crippen LogP contribution in [0.15, 0.2) is 18.2 Å². The van der Waals surface area contributed by atoms with Crippen LogP contribution in [0, 0.1) is 11.6 Å². The average molecular weight is 211 g/mol. The molecular weight excluding hydrogens is 200 g/mol. The van der Waals surface area contributed by atoms with Crippen molar-refractivity contribution in [3.05, 3.63) is 35.4 Å². The van der Waals surface area contributed by atoms with Crippen molar-refractivity contribution in [3.8, 4) is 0 Å². The van der Waals surface area contributed by atoms with E-state index in [2.05, 4.69) is 0 Å². The Bertz CT molecular complexity index is 388. The Morgan fingerprint density at radius 3 is 2.67 bits per heavy atom. The monoisotopic (exact) mass is 211 g/mol. The topological polar surface area (TPSA) is 20.3 Å². The van der Waals surface area contributed by atoms with Crippen molar-refractivity contribution in [1.82, 2.24) is 4.90 Å². The summed E-state index contributed by atoms with van der Waals surface area (Å²) in [6, 6.07) is 2.95. The van der Waals surface area contributed by atoms with Gasteiger partial charge in [0.2, 0.25) is 0 Å². The fraction of sp³-hybridized carbons (Fsp3) is 0.364. The van der Waals surface area contributed by atoms with Gasteiger partial charge in [-0.05, 0) is 37.7 Å². The lowest BCUT2D eigenvalue weighted by Crippen LogP contribution is -2.40. The highest BCUT2D eigenvalue weighted by Gasteiger charge is 2.20. The fourth-order valence-corrected chi connectivity index (χ4v) is 1.54. The van der Waals surface area contributed by atoms with Gasteiger partial charge in [-0.15, -0.1) is 0 Å². The number of likely N-dealkylation sites (tertiary alicyclic amines) is 1. The molecule has 15 heavy (non-hydrogen) atoms. The molecule has 0 radical (unpaired) electrons. The molecule has 0 unspecified atom stereocenters. The highest BCUT2D eigenvalue weighted by Crippen LogP contribution is 2.13. The minimum atomic E-state index is -0.651. The van der Waals surface area contributed by atoms with E-state index in [0.717, 1.165) is 37.7 Å². The molecule has 1 fully saturated rings. The predicted molar refractivity (Wildman–Crippen MR) is 51.7 cm³/mol. The van der Waals surface area contributed by atoms with Gasteiger partial charge in [-0.2, -0.15) is 0 Å². The van der Waals surface area contributed by atoms with E-state index in [4.69, 9.17) is 0 Å². The Balaban J connectivity index is 2.12. The van der Waals surface area contributed by atoms with Gasteiger partial charge in [0.25, 0.3) is 0 Å². The quantitative estimate of drug-likeness (QED) is 0.711. The van der Waals surface area contributed by atoms with Crippen LogP contribution in [0.25, 0.3) is 0 Å². The van der Waals surface area contributed by atoms with Crippen molar-refractivity contribution in [2.45, 2.75) is 6.42 Å². The number of ketones is 1. The summed E-state index contributed by atoms with van der Waals surface area (Å²) in [7, 11) is 0. The van der Waals surface area contributed by atoms with Crippen molar-refractivity contribution in [2.75, 3.05) is 19.6 Å². The molecular formula is C11H11F2NO. The third-order valence-corrected chi connectivity index (χ3v) is 2.54. The summed E-state index contributed by atoms with van der Waals surface area (Å²) in [6.07, 6.45) is 1.07. The van der Waals surface area contributed by atoms with E-state index in [1.807, 2.05) is 4.90 Å². The molecule has 0 aromatic heterocycles. The number of Topliss-reactive ketones (excluding diaryl/α,β-unsaturated/α-hetero) is 1. The first-order valence-electron chi connectivity index (χ1n) is 4.87. The third kappa shape index (κ3) is 2.21. The van der Waals surface area contributed by atoms with E-state index >= 15 is 0 Å². The van der Waals surface area contributed by atoms with Crippen LogP contribution in [0.4, 0.5) is 8.78 Å². The second-order valence-electron chi connectivity index (χ2n) is 3.68. The van der Waals surface area contributed by atoms with Crippen LogP contribution in [-0.2, 0) is 0 Å². The molecule has 1 aliphatic heterocycles. The molecule has 2 rings (SSSR count). The van der Waals surface area contributed by atoms with Gasteiger partial charge in [0.1, 0.15) is 11.6 Å².